The number of hydrogen-bond acceptors (Lipinski definition) is 1. The van der Waals surface area contributed by atoms with E-state index in [0.717, 1.165) is 29.7 Å². The molecule has 0 aliphatic heterocycles. The summed E-state index contributed by atoms with van der Waals surface area (Å²) in [7, 11) is 0. The van der Waals surface area contributed by atoms with Crippen LogP contribution in [0, 0.1) is 0 Å². The molecule has 20 heavy (non-hydrogen) atoms. The first-order valence-corrected chi connectivity index (χ1v) is 7.30. The molecule has 0 heterocycles. The molecule has 0 spiro atoms. The fourth-order valence-electron chi connectivity index (χ4n) is 2.51. The number of anilines is 1. The molecule has 0 aromatic heterocycles. The van der Waals surface area contributed by atoms with Crippen molar-refractivity contribution in [3.8, 4) is 0 Å². The molecule has 1 aliphatic carbocycles. The van der Waals surface area contributed by atoms with Crippen LogP contribution >= 0.6 is 11.6 Å². The quantitative estimate of drug-likeness (QED) is 0.842. The van der Waals surface area contributed by atoms with Crippen LogP contribution in [0.1, 0.15) is 24.0 Å². The van der Waals surface area contributed by atoms with Gasteiger partial charge in [-0.3, -0.25) is 4.79 Å². The molecule has 0 saturated heterocycles. The summed E-state index contributed by atoms with van der Waals surface area (Å²) in [5, 5.41) is 3.02. The molecule has 2 aromatic carbocycles. The predicted octanol–water partition coefficient (Wildman–Crippen LogP) is 4.10. The number of nitrogens with one attached hydrogen (secondary N) is 1. The number of carbonyl (C=O) groups is 1. The van der Waals surface area contributed by atoms with Crippen LogP contribution in [0.2, 0.25) is 0 Å². The Morgan fingerprint density at radius 2 is 1.85 bits per heavy atom. The van der Waals surface area contributed by atoms with Crippen molar-refractivity contribution in [2.75, 3.05) is 5.32 Å². The fraction of sp³-hybridized carbons (Fsp3) is 0.235. The van der Waals surface area contributed by atoms with Crippen molar-refractivity contribution in [3.63, 3.8) is 0 Å². The van der Waals surface area contributed by atoms with E-state index in [1.54, 1.807) is 0 Å². The van der Waals surface area contributed by atoms with Crippen molar-refractivity contribution in [2.45, 2.75) is 24.1 Å². The minimum absolute atomic E-state index is 0.0791. The van der Waals surface area contributed by atoms with E-state index in [1.807, 2.05) is 54.6 Å². The van der Waals surface area contributed by atoms with Gasteiger partial charge in [-0.2, -0.15) is 0 Å². The summed E-state index contributed by atoms with van der Waals surface area (Å²) < 4.78 is 0. The van der Waals surface area contributed by atoms with Gasteiger partial charge in [-0.05, 0) is 36.1 Å². The Morgan fingerprint density at radius 1 is 1.10 bits per heavy atom. The van der Waals surface area contributed by atoms with Crippen LogP contribution < -0.4 is 5.32 Å². The van der Waals surface area contributed by atoms with Crippen molar-refractivity contribution >= 4 is 23.2 Å². The third-order valence-electron chi connectivity index (χ3n) is 3.85. The maximum absolute atomic E-state index is 12.6. The molecule has 1 amide bonds. The van der Waals surface area contributed by atoms with Crippen molar-refractivity contribution < 1.29 is 4.79 Å². The van der Waals surface area contributed by atoms with Gasteiger partial charge in [-0.1, -0.05) is 42.5 Å². The third kappa shape index (κ3) is 2.44. The minimum Gasteiger partial charge on any atom is -0.325 e. The van der Waals surface area contributed by atoms with Crippen molar-refractivity contribution in [2.24, 2.45) is 0 Å². The maximum Gasteiger partial charge on any atom is 0.235 e. The molecule has 0 atom stereocenters. The largest absolute Gasteiger partial charge is 0.325 e. The monoisotopic (exact) mass is 285 g/mol. The van der Waals surface area contributed by atoms with E-state index in [-0.39, 0.29) is 11.3 Å². The minimum atomic E-state index is -0.335. The molecule has 3 heteroatoms. The Labute approximate surface area is 123 Å². The summed E-state index contributed by atoms with van der Waals surface area (Å²) >= 11 is 5.82. The second-order valence-electron chi connectivity index (χ2n) is 5.24. The lowest BCUT2D eigenvalue weighted by Crippen LogP contribution is -2.27. The van der Waals surface area contributed by atoms with Gasteiger partial charge in [0.2, 0.25) is 5.91 Å². The highest BCUT2D eigenvalue weighted by molar-refractivity contribution is 6.17. The zero-order valence-electron chi connectivity index (χ0n) is 11.1. The standard InChI is InChI=1S/C17H16ClNO/c18-12-13-5-4-8-15(11-13)19-16(20)17(9-10-17)14-6-2-1-3-7-14/h1-8,11H,9-10,12H2,(H,19,20). The van der Waals surface area contributed by atoms with E-state index in [1.165, 1.54) is 0 Å². The first-order valence-electron chi connectivity index (χ1n) is 6.76. The number of rotatable bonds is 4. The molecule has 2 aromatic rings. The Kier molecular flexibility index (Phi) is 3.49. The summed E-state index contributed by atoms with van der Waals surface area (Å²) in [6, 6.07) is 17.7. The Morgan fingerprint density at radius 3 is 2.50 bits per heavy atom. The predicted molar refractivity (Wildman–Crippen MR) is 82.0 cm³/mol. The smallest absolute Gasteiger partial charge is 0.235 e. The number of carbonyl (C=O) groups excluding carboxylic acids is 1. The van der Waals surface area contributed by atoms with Crippen LogP contribution in [0.4, 0.5) is 5.69 Å². The van der Waals surface area contributed by atoms with E-state index in [0.29, 0.717) is 5.88 Å². The second-order valence-corrected chi connectivity index (χ2v) is 5.50. The van der Waals surface area contributed by atoms with Gasteiger partial charge in [0.1, 0.15) is 0 Å². The summed E-state index contributed by atoms with van der Waals surface area (Å²) in [5.41, 5.74) is 2.59. The van der Waals surface area contributed by atoms with Gasteiger partial charge in [0.15, 0.2) is 0 Å². The summed E-state index contributed by atoms with van der Waals surface area (Å²) in [5.74, 6) is 0.531. The average molecular weight is 286 g/mol. The lowest BCUT2D eigenvalue weighted by Gasteiger charge is -2.16. The van der Waals surface area contributed by atoms with Gasteiger partial charge < -0.3 is 5.32 Å². The Balaban J connectivity index is 1.80. The van der Waals surface area contributed by atoms with Crippen molar-refractivity contribution in [3.05, 3.63) is 65.7 Å². The van der Waals surface area contributed by atoms with Crippen LogP contribution in [0.3, 0.4) is 0 Å². The molecular weight excluding hydrogens is 270 g/mol. The topological polar surface area (TPSA) is 29.1 Å². The normalized spacial score (nSPS) is 15.7. The zero-order valence-corrected chi connectivity index (χ0v) is 11.9. The molecule has 102 valence electrons. The van der Waals surface area contributed by atoms with E-state index < -0.39 is 0 Å². The SMILES string of the molecule is O=C(Nc1cccc(CCl)c1)C1(c2ccccc2)CC1. The van der Waals surface area contributed by atoms with E-state index in [9.17, 15) is 4.79 Å². The first kappa shape index (κ1) is 13.2. The molecule has 1 N–H and O–H groups in total. The average Bonchev–Trinajstić information content (AvgIpc) is 3.30. The molecule has 1 fully saturated rings. The van der Waals surface area contributed by atoms with Gasteiger partial charge in [0, 0.05) is 11.6 Å². The number of halogens is 1. The van der Waals surface area contributed by atoms with Crippen LogP contribution in [0.25, 0.3) is 0 Å². The van der Waals surface area contributed by atoms with E-state index >= 15 is 0 Å². The summed E-state index contributed by atoms with van der Waals surface area (Å²) in [4.78, 5) is 12.6. The number of alkyl halides is 1. The van der Waals surface area contributed by atoms with Crippen LogP contribution in [0.15, 0.2) is 54.6 Å². The van der Waals surface area contributed by atoms with E-state index in [2.05, 4.69) is 5.32 Å². The summed E-state index contributed by atoms with van der Waals surface area (Å²) in [6.45, 7) is 0. The van der Waals surface area contributed by atoms with Gasteiger partial charge in [-0.15, -0.1) is 11.6 Å². The van der Waals surface area contributed by atoms with Crippen LogP contribution in [0.5, 0.6) is 0 Å². The molecule has 2 nitrogen and oxygen atoms in total. The van der Waals surface area contributed by atoms with Gasteiger partial charge in [0.05, 0.1) is 5.41 Å². The highest BCUT2D eigenvalue weighted by Crippen LogP contribution is 2.48. The van der Waals surface area contributed by atoms with Crippen LogP contribution in [-0.2, 0) is 16.1 Å². The highest BCUT2D eigenvalue weighted by atomic mass is 35.5. The Bertz CT molecular complexity index is 620. The lowest BCUT2D eigenvalue weighted by atomic mass is 9.95. The van der Waals surface area contributed by atoms with Gasteiger partial charge in [-0.25, -0.2) is 0 Å². The van der Waals surface area contributed by atoms with Crippen molar-refractivity contribution in [1.29, 1.82) is 0 Å². The van der Waals surface area contributed by atoms with E-state index in [4.69, 9.17) is 11.6 Å². The first-order chi connectivity index (χ1) is 9.74. The maximum atomic E-state index is 12.6. The van der Waals surface area contributed by atoms with Gasteiger partial charge in [0.25, 0.3) is 0 Å². The molecule has 0 radical (unpaired) electrons. The van der Waals surface area contributed by atoms with Crippen molar-refractivity contribution in [1.82, 2.24) is 0 Å². The molecule has 3 rings (SSSR count). The number of amides is 1. The Hall–Kier alpha value is -1.80. The number of hydrogen-bond donors (Lipinski definition) is 1. The molecule has 0 bridgehead atoms. The number of benzene rings is 2. The molecule has 0 unspecified atom stereocenters. The van der Waals surface area contributed by atoms with Crippen LogP contribution in [-0.4, -0.2) is 5.91 Å². The lowest BCUT2D eigenvalue weighted by molar-refractivity contribution is -0.118. The molecule has 1 saturated carbocycles. The third-order valence-corrected chi connectivity index (χ3v) is 4.16. The fourth-order valence-corrected chi connectivity index (χ4v) is 2.68. The second kappa shape index (κ2) is 5.29. The zero-order chi connectivity index (χ0) is 14.0. The molecular formula is C17H16ClNO. The summed E-state index contributed by atoms with van der Waals surface area (Å²) in [6.07, 6.45) is 1.83. The highest BCUT2D eigenvalue weighted by Gasteiger charge is 2.51. The molecule has 1 aliphatic rings. The van der Waals surface area contributed by atoms with Gasteiger partial charge >= 0.3 is 0 Å².